The number of benzene rings is 3. The highest BCUT2D eigenvalue weighted by Gasteiger charge is 2.17. The highest BCUT2D eigenvalue weighted by molar-refractivity contribution is 7.12. The van der Waals surface area contributed by atoms with E-state index < -0.39 is 13.7 Å². The molecule has 0 aliphatic rings. The molecule has 0 aliphatic heterocycles. The van der Waals surface area contributed by atoms with Gasteiger partial charge in [0, 0.05) is 36.3 Å². The second-order valence-electron chi connectivity index (χ2n) is 10.4. The van der Waals surface area contributed by atoms with Gasteiger partial charge in [-0.1, -0.05) is 68.5 Å². The Bertz CT molecular complexity index is 2020. The van der Waals surface area contributed by atoms with Crippen molar-refractivity contribution in [2.45, 2.75) is 40.9 Å². The molecule has 0 aliphatic carbocycles. The molecule has 0 radical (unpaired) electrons. The summed E-state index contributed by atoms with van der Waals surface area (Å²) in [5, 5.41) is 10.6. The van der Waals surface area contributed by atoms with Crippen molar-refractivity contribution in [1.82, 2.24) is 15.2 Å². The zero-order valence-corrected chi connectivity index (χ0v) is 21.5. The van der Waals surface area contributed by atoms with Crippen LogP contribution in [0.2, 0.25) is 0 Å². The van der Waals surface area contributed by atoms with E-state index in [1.54, 1.807) is 23.7 Å². The van der Waals surface area contributed by atoms with Gasteiger partial charge in [-0.3, -0.25) is 4.98 Å². The van der Waals surface area contributed by atoms with Crippen LogP contribution in [0.1, 0.15) is 47.1 Å². The molecule has 4 nitrogen and oxygen atoms in total. The maximum Gasteiger partial charge on any atom is 0.147 e. The van der Waals surface area contributed by atoms with E-state index in [4.69, 9.17) is 14.0 Å². The molecule has 0 saturated carbocycles. The largest absolute Gasteiger partial charge is 0.455 e. The van der Waals surface area contributed by atoms with Crippen LogP contribution in [0.15, 0.2) is 76.8 Å². The SMILES string of the molecule is [2H]c1cc(CC(C)(C)C)cc(C([2H])([2H])[2H])c1-c1cc(-c2cccc3c2oc2cc(-c4nncs4)ccc23)ncc1C([2H])([2H])[2H]. The van der Waals surface area contributed by atoms with Crippen LogP contribution in [0.5, 0.6) is 0 Å². The number of rotatable bonds is 4. The van der Waals surface area contributed by atoms with Crippen molar-refractivity contribution in [2.75, 3.05) is 0 Å². The summed E-state index contributed by atoms with van der Waals surface area (Å²) in [5.41, 5.74) is 5.35. The lowest BCUT2D eigenvalue weighted by Gasteiger charge is -2.19. The molecule has 0 unspecified atom stereocenters. The van der Waals surface area contributed by atoms with Crippen LogP contribution >= 0.6 is 11.3 Å². The van der Waals surface area contributed by atoms with E-state index in [1.165, 1.54) is 17.5 Å². The van der Waals surface area contributed by atoms with Crippen molar-refractivity contribution in [3.05, 3.63) is 89.0 Å². The first kappa shape index (κ1) is 16.8. The molecule has 3 aromatic heterocycles. The fourth-order valence-electron chi connectivity index (χ4n) is 4.72. The Labute approximate surface area is 230 Å². The fraction of sp³-hybridized carbons (Fsp3) is 0.219. The maximum atomic E-state index is 8.96. The summed E-state index contributed by atoms with van der Waals surface area (Å²) >= 11 is 1.43. The fourth-order valence-corrected chi connectivity index (χ4v) is 5.27. The van der Waals surface area contributed by atoms with Crippen LogP contribution in [0.3, 0.4) is 0 Å². The number of aryl methyl sites for hydroxylation is 2. The predicted octanol–water partition coefficient (Wildman–Crippen LogP) is 9.04. The topological polar surface area (TPSA) is 51.8 Å². The van der Waals surface area contributed by atoms with Gasteiger partial charge in [0.1, 0.15) is 21.7 Å². The van der Waals surface area contributed by atoms with Gasteiger partial charge in [-0.05, 0) is 77.6 Å². The second-order valence-corrected chi connectivity index (χ2v) is 11.2. The zero-order valence-electron chi connectivity index (χ0n) is 27.7. The van der Waals surface area contributed by atoms with E-state index in [2.05, 4.69) is 15.2 Å². The monoisotopic (exact) mass is 510 g/mol. The lowest BCUT2D eigenvalue weighted by molar-refractivity contribution is 0.411. The minimum atomic E-state index is -2.60. The highest BCUT2D eigenvalue weighted by atomic mass is 32.1. The second kappa shape index (κ2) is 8.93. The van der Waals surface area contributed by atoms with Crippen molar-refractivity contribution < 1.29 is 14.0 Å². The van der Waals surface area contributed by atoms with Gasteiger partial charge in [-0.2, -0.15) is 0 Å². The molecule has 3 heterocycles. The van der Waals surface area contributed by atoms with Crippen molar-refractivity contribution in [3.8, 4) is 33.0 Å². The minimum absolute atomic E-state index is 0.0494. The van der Waals surface area contributed by atoms with E-state index in [1.807, 2.05) is 57.2 Å². The molecule has 37 heavy (non-hydrogen) atoms. The Hall–Kier alpha value is -3.83. The van der Waals surface area contributed by atoms with Gasteiger partial charge in [0.25, 0.3) is 0 Å². The van der Waals surface area contributed by atoms with Gasteiger partial charge in [0.2, 0.25) is 0 Å². The molecule has 0 saturated heterocycles. The molecule has 0 fully saturated rings. The van der Waals surface area contributed by atoms with Gasteiger partial charge in [0.15, 0.2) is 0 Å². The average Bonchev–Trinajstić information content (AvgIpc) is 3.58. The van der Waals surface area contributed by atoms with Crippen LogP contribution in [0, 0.1) is 19.1 Å². The van der Waals surface area contributed by atoms with Crippen LogP contribution in [-0.2, 0) is 6.42 Å². The van der Waals surface area contributed by atoms with E-state index in [-0.39, 0.29) is 33.7 Å². The van der Waals surface area contributed by atoms with Crippen molar-refractivity contribution >= 4 is 33.3 Å². The molecule has 6 aromatic rings. The molecule has 6 rings (SSSR count). The molecule has 5 heteroatoms. The summed E-state index contributed by atoms with van der Waals surface area (Å²) in [6.45, 7) is 0.930. The molecule has 184 valence electrons. The summed E-state index contributed by atoms with van der Waals surface area (Å²) < 4.78 is 65.1. The Morgan fingerprint density at radius 2 is 1.84 bits per heavy atom. The minimum Gasteiger partial charge on any atom is -0.455 e. The van der Waals surface area contributed by atoms with Crippen molar-refractivity contribution in [2.24, 2.45) is 5.41 Å². The number of para-hydroxylation sites is 1. The number of hydrogen-bond donors (Lipinski definition) is 0. The lowest BCUT2D eigenvalue weighted by Crippen LogP contribution is -2.09. The van der Waals surface area contributed by atoms with Crippen LogP contribution < -0.4 is 0 Å². The van der Waals surface area contributed by atoms with Crippen LogP contribution in [0.4, 0.5) is 0 Å². The molecule has 0 atom stereocenters. The number of nitrogens with zero attached hydrogens (tertiary/aromatic N) is 3. The predicted molar refractivity (Wildman–Crippen MR) is 154 cm³/mol. The lowest BCUT2D eigenvalue weighted by atomic mass is 9.86. The summed E-state index contributed by atoms with van der Waals surface area (Å²) in [6, 6.07) is 16.2. The first-order valence-corrected chi connectivity index (χ1v) is 12.9. The number of pyridine rings is 1. The quantitative estimate of drug-likeness (QED) is 0.237. The third kappa shape index (κ3) is 4.44. The van der Waals surface area contributed by atoms with Crippen LogP contribution in [0.25, 0.3) is 54.9 Å². The summed E-state index contributed by atoms with van der Waals surface area (Å²) in [6.07, 6.45) is 1.82. The third-order valence-electron chi connectivity index (χ3n) is 6.29. The molecular weight excluding hydrogens is 474 g/mol. The summed E-state index contributed by atoms with van der Waals surface area (Å²) in [7, 11) is 0. The van der Waals surface area contributed by atoms with Gasteiger partial charge < -0.3 is 4.42 Å². The van der Waals surface area contributed by atoms with Gasteiger partial charge in [-0.15, -0.1) is 10.2 Å². The number of aromatic nitrogens is 3. The Kier molecular flexibility index (Phi) is 4.06. The van der Waals surface area contributed by atoms with Gasteiger partial charge in [-0.25, -0.2) is 0 Å². The molecule has 0 spiro atoms. The molecule has 0 amide bonds. The highest BCUT2D eigenvalue weighted by Crippen LogP contribution is 2.38. The molecule has 0 bridgehead atoms. The first-order chi connectivity index (χ1) is 20.6. The van der Waals surface area contributed by atoms with Crippen molar-refractivity contribution in [1.29, 1.82) is 0 Å². The van der Waals surface area contributed by atoms with E-state index >= 15 is 0 Å². The van der Waals surface area contributed by atoms with Crippen LogP contribution in [-0.4, -0.2) is 15.2 Å². The standard InChI is InChI=1S/C32H29N3OS/c1-19-13-21(16-32(3,4)5)9-11-23(19)27-15-28(33-17-20(27)2)26-8-6-7-25-24-12-10-22(31-35-34-18-37-31)14-29(24)36-30(25)26/h6-15,17-18H,16H2,1-5H3/i1D3,2D3,11D. The molecule has 0 N–H and O–H groups in total. The smallest absolute Gasteiger partial charge is 0.147 e. The Morgan fingerprint density at radius 3 is 2.62 bits per heavy atom. The number of hydrogen-bond acceptors (Lipinski definition) is 5. The Morgan fingerprint density at radius 1 is 0.946 bits per heavy atom. The average molecular weight is 511 g/mol. The first-order valence-electron chi connectivity index (χ1n) is 15.5. The maximum absolute atomic E-state index is 8.96. The third-order valence-corrected chi connectivity index (χ3v) is 7.03. The summed E-state index contributed by atoms with van der Waals surface area (Å²) in [5.74, 6) is 0. The Balaban J connectivity index is 1.58. The number of furan rings is 1. The van der Waals surface area contributed by atoms with Crippen molar-refractivity contribution in [3.63, 3.8) is 0 Å². The van der Waals surface area contributed by atoms with E-state index in [0.717, 1.165) is 21.3 Å². The molecule has 3 aromatic carbocycles. The van der Waals surface area contributed by atoms with E-state index in [9.17, 15) is 0 Å². The normalized spacial score (nSPS) is 15.5. The zero-order chi connectivity index (χ0) is 31.6. The number of fused-ring (bicyclic) bond motifs is 3. The molecular formula is C32H29N3OS. The summed E-state index contributed by atoms with van der Waals surface area (Å²) in [4.78, 5) is 4.53. The van der Waals surface area contributed by atoms with Gasteiger partial charge in [0.05, 0.1) is 7.06 Å². The van der Waals surface area contributed by atoms with E-state index in [0.29, 0.717) is 34.4 Å². The van der Waals surface area contributed by atoms with Gasteiger partial charge >= 0.3 is 0 Å².